The molecule has 1 N–H and O–H groups in total. The maximum Gasteiger partial charge on any atom is 0.251 e. The molecule has 0 bridgehead atoms. The third-order valence-corrected chi connectivity index (χ3v) is 3.16. The highest BCUT2D eigenvalue weighted by molar-refractivity contribution is 6.17. The normalized spacial score (nSPS) is 9.80. The molecule has 0 aliphatic rings. The van der Waals surface area contributed by atoms with Gasteiger partial charge in [0.2, 0.25) is 0 Å². The summed E-state index contributed by atoms with van der Waals surface area (Å²) in [6.07, 6.45) is 0. The minimum absolute atomic E-state index is 0.153. The van der Waals surface area contributed by atoms with Crippen molar-refractivity contribution >= 4 is 17.5 Å². The molecule has 1 amide bonds. The van der Waals surface area contributed by atoms with Crippen LogP contribution in [0.3, 0.4) is 0 Å². The molecular formula is C16H13ClN2O. The number of amides is 1. The Balaban J connectivity index is 2.03. The van der Waals surface area contributed by atoms with E-state index in [2.05, 4.69) is 11.4 Å². The number of rotatable bonds is 4. The van der Waals surface area contributed by atoms with Crippen LogP contribution in [-0.2, 0) is 12.4 Å². The first-order valence-electron chi connectivity index (χ1n) is 6.15. The molecule has 2 aromatic rings. The molecule has 0 aliphatic heterocycles. The molecule has 0 saturated carbocycles. The Labute approximate surface area is 122 Å². The van der Waals surface area contributed by atoms with E-state index in [1.165, 1.54) is 0 Å². The van der Waals surface area contributed by atoms with Crippen molar-refractivity contribution in [1.82, 2.24) is 5.32 Å². The molecule has 0 radical (unpaired) electrons. The molecule has 4 heteroatoms. The molecular weight excluding hydrogens is 272 g/mol. The van der Waals surface area contributed by atoms with Crippen molar-refractivity contribution in [3.05, 3.63) is 70.8 Å². The predicted octanol–water partition coefficient (Wildman–Crippen LogP) is 3.23. The van der Waals surface area contributed by atoms with Crippen LogP contribution in [0.1, 0.15) is 27.0 Å². The van der Waals surface area contributed by atoms with E-state index in [0.717, 1.165) is 11.1 Å². The predicted molar refractivity (Wildman–Crippen MR) is 78.3 cm³/mol. The van der Waals surface area contributed by atoms with Crippen LogP contribution < -0.4 is 5.32 Å². The fourth-order valence-electron chi connectivity index (χ4n) is 1.83. The summed E-state index contributed by atoms with van der Waals surface area (Å²) in [5.74, 6) is 0.227. The minimum Gasteiger partial charge on any atom is -0.348 e. The molecule has 0 aliphatic carbocycles. The smallest absolute Gasteiger partial charge is 0.251 e. The molecule has 0 atom stereocenters. The van der Waals surface area contributed by atoms with Gasteiger partial charge >= 0.3 is 0 Å². The molecule has 0 spiro atoms. The summed E-state index contributed by atoms with van der Waals surface area (Å²) in [6.45, 7) is 0.388. The van der Waals surface area contributed by atoms with Crippen LogP contribution in [0.4, 0.5) is 0 Å². The Morgan fingerprint density at radius 2 is 1.90 bits per heavy atom. The van der Waals surface area contributed by atoms with E-state index in [1.807, 2.05) is 18.2 Å². The molecule has 0 saturated heterocycles. The molecule has 20 heavy (non-hydrogen) atoms. The summed E-state index contributed by atoms with van der Waals surface area (Å²) >= 11 is 5.75. The van der Waals surface area contributed by atoms with Gasteiger partial charge in [-0.25, -0.2) is 0 Å². The fraction of sp³-hybridized carbons (Fsp3) is 0.125. The maximum atomic E-state index is 12.0. The first kappa shape index (κ1) is 14.1. The van der Waals surface area contributed by atoms with E-state index < -0.39 is 0 Å². The van der Waals surface area contributed by atoms with Gasteiger partial charge in [-0.1, -0.05) is 24.3 Å². The summed E-state index contributed by atoms with van der Waals surface area (Å²) in [5.41, 5.74) is 2.97. The van der Waals surface area contributed by atoms with Gasteiger partial charge in [0.1, 0.15) is 0 Å². The van der Waals surface area contributed by atoms with Crippen molar-refractivity contribution in [1.29, 1.82) is 5.26 Å². The molecule has 0 heterocycles. The highest BCUT2D eigenvalue weighted by Crippen LogP contribution is 2.09. The van der Waals surface area contributed by atoms with Gasteiger partial charge < -0.3 is 5.32 Å². The minimum atomic E-state index is -0.153. The lowest BCUT2D eigenvalue weighted by molar-refractivity contribution is 0.0951. The van der Waals surface area contributed by atoms with E-state index in [0.29, 0.717) is 23.6 Å². The molecule has 2 rings (SSSR count). The Hall–Kier alpha value is -2.31. The van der Waals surface area contributed by atoms with Gasteiger partial charge in [-0.15, -0.1) is 11.6 Å². The second-order valence-electron chi connectivity index (χ2n) is 4.33. The average Bonchev–Trinajstić information content (AvgIpc) is 2.52. The topological polar surface area (TPSA) is 52.9 Å². The maximum absolute atomic E-state index is 12.0. The Morgan fingerprint density at radius 3 is 2.65 bits per heavy atom. The molecule has 0 unspecified atom stereocenters. The number of nitrogens with zero attached hydrogens (tertiary/aromatic N) is 1. The molecule has 2 aromatic carbocycles. The van der Waals surface area contributed by atoms with Gasteiger partial charge in [0.25, 0.3) is 5.91 Å². The lowest BCUT2D eigenvalue weighted by atomic mass is 10.1. The number of carbonyl (C=O) groups is 1. The summed E-state index contributed by atoms with van der Waals surface area (Å²) in [4.78, 5) is 12.0. The van der Waals surface area contributed by atoms with Crippen molar-refractivity contribution in [3.8, 4) is 6.07 Å². The number of hydrogen-bond acceptors (Lipinski definition) is 2. The molecule has 0 fully saturated rings. The fourth-order valence-corrected chi connectivity index (χ4v) is 2.00. The highest BCUT2D eigenvalue weighted by atomic mass is 35.5. The Bertz CT molecular complexity index is 662. The third-order valence-electron chi connectivity index (χ3n) is 2.85. The third kappa shape index (κ3) is 3.59. The zero-order valence-electron chi connectivity index (χ0n) is 10.8. The average molecular weight is 285 g/mol. The number of benzene rings is 2. The quantitative estimate of drug-likeness (QED) is 0.877. The van der Waals surface area contributed by atoms with E-state index >= 15 is 0 Å². The van der Waals surface area contributed by atoms with Gasteiger partial charge in [0, 0.05) is 18.0 Å². The Kier molecular flexibility index (Phi) is 4.75. The van der Waals surface area contributed by atoms with Crippen molar-refractivity contribution < 1.29 is 4.79 Å². The van der Waals surface area contributed by atoms with Crippen LogP contribution in [0.2, 0.25) is 0 Å². The van der Waals surface area contributed by atoms with Crippen LogP contribution in [0.25, 0.3) is 0 Å². The van der Waals surface area contributed by atoms with E-state index in [9.17, 15) is 4.79 Å². The largest absolute Gasteiger partial charge is 0.348 e. The summed E-state index contributed by atoms with van der Waals surface area (Å²) in [5, 5.41) is 11.7. The van der Waals surface area contributed by atoms with Crippen LogP contribution in [0.15, 0.2) is 48.5 Å². The zero-order chi connectivity index (χ0) is 14.4. The first-order valence-corrected chi connectivity index (χ1v) is 6.68. The number of hydrogen-bond donors (Lipinski definition) is 1. The van der Waals surface area contributed by atoms with Gasteiger partial charge in [0.15, 0.2) is 0 Å². The molecule has 100 valence electrons. The lowest BCUT2D eigenvalue weighted by Gasteiger charge is -2.06. The summed E-state index contributed by atoms with van der Waals surface area (Å²) < 4.78 is 0. The lowest BCUT2D eigenvalue weighted by Crippen LogP contribution is -2.22. The van der Waals surface area contributed by atoms with Gasteiger partial charge in [0.05, 0.1) is 11.6 Å². The van der Waals surface area contributed by atoms with Gasteiger partial charge in [-0.3, -0.25) is 4.79 Å². The van der Waals surface area contributed by atoms with Crippen molar-refractivity contribution in [2.45, 2.75) is 12.4 Å². The van der Waals surface area contributed by atoms with Crippen molar-refractivity contribution in [2.75, 3.05) is 0 Å². The number of halogens is 1. The standard InChI is InChI=1S/C16H13ClN2O/c17-9-12-3-2-6-15(8-12)16(20)19-11-14-5-1-4-13(7-14)10-18/h1-8H,9,11H2,(H,19,20). The van der Waals surface area contributed by atoms with E-state index in [-0.39, 0.29) is 5.91 Å². The zero-order valence-corrected chi connectivity index (χ0v) is 11.5. The second kappa shape index (κ2) is 6.74. The highest BCUT2D eigenvalue weighted by Gasteiger charge is 2.06. The van der Waals surface area contributed by atoms with Crippen LogP contribution in [0.5, 0.6) is 0 Å². The second-order valence-corrected chi connectivity index (χ2v) is 4.60. The first-order chi connectivity index (χ1) is 9.72. The monoisotopic (exact) mass is 284 g/mol. The summed E-state index contributed by atoms with van der Waals surface area (Å²) in [6, 6.07) is 16.4. The van der Waals surface area contributed by atoms with Crippen LogP contribution in [0, 0.1) is 11.3 Å². The number of alkyl halides is 1. The van der Waals surface area contributed by atoms with Crippen LogP contribution in [-0.4, -0.2) is 5.91 Å². The summed E-state index contributed by atoms with van der Waals surface area (Å²) in [7, 11) is 0. The van der Waals surface area contributed by atoms with E-state index in [4.69, 9.17) is 16.9 Å². The SMILES string of the molecule is N#Cc1cccc(CNC(=O)c2cccc(CCl)c2)c1. The van der Waals surface area contributed by atoms with E-state index in [1.54, 1.807) is 30.3 Å². The van der Waals surface area contributed by atoms with Crippen LogP contribution >= 0.6 is 11.6 Å². The van der Waals surface area contributed by atoms with Crippen molar-refractivity contribution in [3.63, 3.8) is 0 Å². The molecule has 0 aromatic heterocycles. The number of carbonyl (C=O) groups excluding carboxylic acids is 1. The number of nitriles is 1. The van der Waals surface area contributed by atoms with Gasteiger partial charge in [-0.05, 0) is 35.4 Å². The van der Waals surface area contributed by atoms with Crippen molar-refractivity contribution in [2.24, 2.45) is 0 Å². The molecule has 3 nitrogen and oxygen atoms in total. The van der Waals surface area contributed by atoms with Gasteiger partial charge in [-0.2, -0.15) is 5.26 Å². The number of nitrogens with one attached hydrogen (secondary N) is 1. The Morgan fingerprint density at radius 1 is 1.15 bits per heavy atom.